The molecule has 156 valence electrons. The Bertz CT molecular complexity index is 786. The molecule has 1 saturated heterocycles. The Labute approximate surface area is 168 Å². The lowest BCUT2D eigenvalue weighted by Gasteiger charge is -2.29. The third-order valence-electron chi connectivity index (χ3n) is 6.01. The molecular weight excluding hydrogens is 376 g/mol. The van der Waals surface area contributed by atoms with Crippen molar-refractivity contribution in [3.8, 4) is 5.75 Å². The number of benzene rings is 1. The molecule has 2 fully saturated rings. The summed E-state index contributed by atoms with van der Waals surface area (Å²) in [7, 11) is -2.32. The monoisotopic (exact) mass is 408 g/mol. The minimum absolute atomic E-state index is 0.0495. The quantitative estimate of drug-likeness (QED) is 0.808. The van der Waals surface area contributed by atoms with Crippen LogP contribution in [0.5, 0.6) is 5.75 Å². The number of sulfonamides is 1. The van der Waals surface area contributed by atoms with Crippen molar-refractivity contribution in [3.63, 3.8) is 0 Å². The lowest BCUT2D eigenvalue weighted by molar-refractivity contribution is 0.0761. The molecule has 1 aliphatic heterocycles. The van der Waals surface area contributed by atoms with E-state index in [2.05, 4.69) is 11.6 Å². The largest absolute Gasteiger partial charge is 0.495 e. The smallest absolute Gasteiger partial charge is 0.253 e. The van der Waals surface area contributed by atoms with Gasteiger partial charge in [-0.25, -0.2) is 13.1 Å². The van der Waals surface area contributed by atoms with E-state index in [4.69, 9.17) is 4.74 Å². The van der Waals surface area contributed by atoms with Crippen LogP contribution in [0.1, 0.15) is 68.6 Å². The number of likely N-dealkylation sites (tertiary alicyclic amines) is 1. The van der Waals surface area contributed by atoms with Crippen LogP contribution in [-0.4, -0.2) is 45.5 Å². The Morgan fingerprint density at radius 2 is 1.75 bits per heavy atom. The highest BCUT2D eigenvalue weighted by atomic mass is 32.2. The van der Waals surface area contributed by atoms with E-state index in [0.717, 1.165) is 64.5 Å². The van der Waals surface area contributed by atoms with Crippen molar-refractivity contribution in [1.29, 1.82) is 0 Å². The van der Waals surface area contributed by atoms with Gasteiger partial charge in [0.2, 0.25) is 10.0 Å². The van der Waals surface area contributed by atoms with E-state index in [1.54, 1.807) is 12.1 Å². The Kier molecular flexibility index (Phi) is 6.99. The van der Waals surface area contributed by atoms with Crippen molar-refractivity contribution in [2.24, 2.45) is 5.92 Å². The minimum atomic E-state index is -3.78. The molecule has 2 atom stereocenters. The average molecular weight is 409 g/mol. The number of ether oxygens (including phenoxy) is 1. The summed E-state index contributed by atoms with van der Waals surface area (Å²) in [4.78, 5) is 14.8. The second-order valence-corrected chi connectivity index (χ2v) is 9.74. The zero-order valence-corrected chi connectivity index (χ0v) is 17.8. The molecule has 1 amide bonds. The van der Waals surface area contributed by atoms with Gasteiger partial charge in [-0.3, -0.25) is 4.79 Å². The molecule has 1 heterocycles. The summed E-state index contributed by atoms with van der Waals surface area (Å²) in [6.07, 6.45) is 8.30. The third kappa shape index (κ3) is 4.87. The first-order chi connectivity index (χ1) is 13.4. The summed E-state index contributed by atoms with van der Waals surface area (Å²) in [6, 6.07) is 4.65. The highest BCUT2D eigenvalue weighted by molar-refractivity contribution is 7.89. The fourth-order valence-electron chi connectivity index (χ4n) is 4.23. The number of nitrogens with one attached hydrogen (secondary N) is 1. The van der Waals surface area contributed by atoms with Gasteiger partial charge in [0.15, 0.2) is 0 Å². The molecule has 0 bridgehead atoms. The van der Waals surface area contributed by atoms with Crippen molar-refractivity contribution in [1.82, 2.24) is 9.62 Å². The molecule has 6 nitrogen and oxygen atoms in total. The SMILES string of the molecule is COc1ccc(C(=O)N2CCCCCC2)cc1S(=O)(=O)NC1CCCCC1C. The molecule has 7 heteroatoms. The highest BCUT2D eigenvalue weighted by Crippen LogP contribution is 2.29. The number of carbonyl (C=O) groups excluding carboxylic acids is 1. The Hall–Kier alpha value is -1.60. The van der Waals surface area contributed by atoms with Gasteiger partial charge >= 0.3 is 0 Å². The van der Waals surface area contributed by atoms with Crippen LogP contribution in [0.3, 0.4) is 0 Å². The number of hydrogen-bond acceptors (Lipinski definition) is 4. The molecule has 0 aromatic heterocycles. The van der Waals surface area contributed by atoms with E-state index < -0.39 is 10.0 Å². The Morgan fingerprint density at radius 3 is 2.39 bits per heavy atom. The summed E-state index contributed by atoms with van der Waals surface area (Å²) in [5.74, 6) is 0.465. The highest BCUT2D eigenvalue weighted by Gasteiger charge is 2.29. The van der Waals surface area contributed by atoms with Gasteiger partial charge in [0.05, 0.1) is 7.11 Å². The normalized spacial score (nSPS) is 23.9. The van der Waals surface area contributed by atoms with Gasteiger partial charge < -0.3 is 9.64 Å². The Morgan fingerprint density at radius 1 is 1.07 bits per heavy atom. The van der Waals surface area contributed by atoms with E-state index in [9.17, 15) is 13.2 Å². The number of methoxy groups -OCH3 is 1. The molecule has 1 saturated carbocycles. The van der Waals surface area contributed by atoms with Gasteiger partial charge in [0.1, 0.15) is 10.6 Å². The van der Waals surface area contributed by atoms with E-state index in [-0.39, 0.29) is 22.6 Å². The van der Waals surface area contributed by atoms with Crippen molar-refractivity contribution in [2.75, 3.05) is 20.2 Å². The summed E-state index contributed by atoms with van der Waals surface area (Å²) in [5, 5.41) is 0. The standard InChI is InChI=1S/C21H32N2O4S/c1-16-9-5-6-10-18(16)22-28(25,26)20-15-17(11-12-19(20)27-2)21(24)23-13-7-3-4-8-14-23/h11-12,15-16,18,22H,3-10,13-14H2,1-2H3. The molecule has 0 spiro atoms. The zero-order chi connectivity index (χ0) is 20.1. The summed E-state index contributed by atoms with van der Waals surface area (Å²) in [6.45, 7) is 3.54. The maximum atomic E-state index is 13.1. The van der Waals surface area contributed by atoms with Crippen LogP contribution < -0.4 is 9.46 Å². The van der Waals surface area contributed by atoms with Gasteiger partial charge in [-0.05, 0) is 49.8 Å². The minimum Gasteiger partial charge on any atom is -0.495 e. The number of nitrogens with zero attached hydrogens (tertiary/aromatic N) is 1. The van der Waals surface area contributed by atoms with Crippen LogP contribution in [0.2, 0.25) is 0 Å². The van der Waals surface area contributed by atoms with E-state index in [0.29, 0.717) is 11.5 Å². The van der Waals surface area contributed by atoms with Crippen molar-refractivity contribution >= 4 is 15.9 Å². The molecule has 1 aliphatic carbocycles. The number of rotatable bonds is 5. The summed E-state index contributed by atoms with van der Waals surface area (Å²) in [5.41, 5.74) is 0.403. The van der Waals surface area contributed by atoms with Gasteiger partial charge in [-0.1, -0.05) is 32.6 Å². The molecule has 0 radical (unpaired) electrons. The third-order valence-corrected chi connectivity index (χ3v) is 7.52. The zero-order valence-electron chi connectivity index (χ0n) is 16.9. The van der Waals surface area contributed by atoms with Gasteiger partial charge in [-0.15, -0.1) is 0 Å². The fourth-order valence-corrected chi connectivity index (χ4v) is 5.80. The van der Waals surface area contributed by atoms with Crippen LogP contribution >= 0.6 is 0 Å². The molecule has 2 unspecified atom stereocenters. The molecule has 1 aromatic carbocycles. The van der Waals surface area contributed by atoms with Gasteiger partial charge in [0, 0.05) is 24.7 Å². The van der Waals surface area contributed by atoms with Gasteiger partial charge in [-0.2, -0.15) is 0 Å². The van der Waals surface area contributed by atoms with E-state index in [1.807, 2.05) is 4.90 Å². The topological polar surface area (TPSA) is 75.7 Å². The van der Waals surface area contributed by atoms with Gasteiger partial charge in [0.25, 0.3) is 5.91 Å². The number of amides is 1. The van der Waals surface area contributed by atoms with Crippen LogP contribution in [0.25, 0.3) is 0 Å². The van der Waals surface area contributed by atoms with Crippen molar-refractivity contribution < 1.29 is 17.9 Å². The summed E-state index contributed by atoms with van der Waals surface area (Å²) < 4.78 is 34.4. The maximum Gasteiger partial charge on any atom is 0.253 e. The molecule has 28 heavy (non-hydrogen) atoms. The fraction of sp³-hybridized carbons (Fsp3) is 0.667. The maximum absolute atomic E-state index is 13.1. The van der Waals surface area contributed by atoms with Crippen LogP contribution in [0.4, 0.5) is 0 Å². The first kappa shape index (κ1) is 21.1. The summed E-state index contributed by atoms with van der Waals surface area (Å²) >= 11 is 0. The molecule has 2 aliphatic rings. The van der Waals surface area contributed by atoms with Crippen molar-refractivity contribution in [3.05, 3.63) is 23.8 Å². The van der Waals surface area contributed by atoms with Crippen molar-refractivity contribution in [2.45, 2.75) is 69.2 Å². The lowest BCUT2D eigenvalue weighted by Crippen LogP contribution is -2.41. The lowest BCUT2D eigenvalue weighted by atomic mass is 9.87. The van der Waals surface area contributed by atoms with Crippen LogP contribution in [0, 0.1) is 5.92 Å². The molecule has 3 rings (SSSR count). The van der Waals surface area contributed by atoms with E-state index in [1.165, 1.54) is 13.2 Å². The molecule has 1 aromatic rings. The van der Waals surface area contributed by atoms with Crippen LogP contribution in [-0.2, 0) is 10.0 Å². The predicted molar refractivity (Wildman–Crippen MR) is 109 cm³/mol. The number of carbonyl (C=O) groups is 1. The molecular formula is C21H32N2O4S. The first-order valence-electron chi connectivity index (χ1n) is 10.4. The Balaban J connectivity index is 1.86. The second-order valence-electron chi connectivity index (χ2n) is 8.06. The number of hydrogen-bond donors (Lipinski definition) is 1. The molecule has 1 N–H and O–H groups in total. The average Bonchev–Trinajstić information content (AvgIpc) is 2.98. The van der Waals surface area contributed by atoms with E-state index >= 15 is 0 Å². The second kappa shape index (κ2) is 9.27. The van der Waals surface area contributed by atoms with Crippen LogP contribution in [0.15, 0.2) is 23.1 Å². The predicted octanol–water partition coefficient (Wildman–Crippen LogP) is 3.57. The first-order valence-corrected chi connectivity index (χ1v) is 11.9.